The summed E-state index contributed by atoms with van der Waals surface area (Å²) in [6.07, 6.45) is 0.641. The predicted octanol–water partition coefficient (Wildman–Crippen LogP) is 3.38. The first-order chi connectivity index (χ1) is 12.6. The van der Waals surface area contributed by atoms with Gasteiger partial charge in [0.25, 0.3) is 0 Å². The van der Waals surface area contributed by atoms with Crippen LogP contribution in [0.1, 0.15) is 5.56 Å². The number of anilines is 1. The Morgan fingerprint density at radius 2 is 1.88 bits per heavy atom. The summed E-state index contributed by atoms with van der Waals surface area (Å²) in [5.41, 5.74) is 1.58. The summed E-state index contributed by atoms with van der Waals surface area (Å²) in [5.74, 6) is 0.494. The van der Waals surface area contributed by atoms with Gasteiger partial charge in [-0.1, -0.05) is 23.7 Å². The molecule has 6 heteroatoms. The minimum Gasteiger partial charge on any atom is -0.492 e. The highest BCUT2D eigenvalue weighted by molar-refractivity contribution is 6.30. The first-order valence-electron chi connectivity index (χ1n) is 8.81. The molecule has 2 heterocycles. The Balaban J connectivity index is 1.39. The number of amides is 1. The van der Waals surface area contributed by atoms with Gasteiger partial charge in [-0.15, -0.1) is 0 Å². The van der Waals surface area contributed by atoms with E-state index in [1.807, 2.05) is 28.0 Å². The SMILES string of the molecule is O=C([C@H]1COc2ccc(Cl)cc2C1)N1CCN(c2ccccc2F)CC1. The molecule has 136 valence electrons. The maximum Gasteiger partial charge on any atom is 0.229 e. The van der Waals surface area contributed by atoms with Gasteiger partial charge in [-0.2, -0.15) is 0 Å². The van der Waals surface area contributed by atoms with E-state index in [1.54, 1.807) is 18.2 Å². The third kappa shape index (κ3) is 3.36. The fourth-order valence-electron chi connectivity index (χ4n) is 3.66. The van der Waals surface area contributed by atoms with Crippen molar-refractivity contribution in [3.05, 3.63) is 58.9 Å². The highest BCUT2D eigenvalue weighted by Crippen LogP contribution is 2.31. The van der Waals surface area contributed by atoms with Gasteiger partial charge in [-0.05, 0) is 42.3 Å². The summed E-state index contributed by atoms with van der Waals surface area (Å²) in [6, 6.07) is 12.3. The number of hydrogen-bond acceptors (Lipinski definition) is 3. The van der Waals surface area contributed by atoms with Crippen LogP contribution in [-0.4, -0.2) is 43.6 Å². The second kappa shape index (κ2) is 7.16. The molecule has 0 radical (unpaired) electrons. The minimum absolute atomic E-state index is 0.101. The standard InChI is InChI=1S/C20H20ClFN2O2/c21-16-5-6-19-14(12-16)11-15(13-26-19)20(25)24-9-7-23(8-10-24)18-4-2-1-3-17(18)22/h1-6,12,15H,7-11,13H2/t15-/m1/s1. The van der Waals surface area contributed by atoms with E-state index in [0.717, 1.165) is 11.3 Å². The van der Waals surface area contributed by atoms with Crippen molar-refractivity contribution in [2.75, 3.05) is 37.7 Å². The molecular weight excluding hydrogens is 355 g/mol. The molecule has 0 unspecified atom stereocenters. The van der Waals surface area contributed by atoms with Crippen LogP contribution in [0.5, 0.6) is 5.75 Å². The average Bonchev–Trinajstić information content (AvgIpc) is 2.67. The van der Waals surface area contributed by atoms with Crippen LogP contribution in [-0.2, 0) is 11.2 Å². The Morgan fingerprint density at radius 3 is 2.65 bits per heavy atom. The van der Waals surface area contributed by atoms with Gasteiger partial charge < -0.3 is 14.5 Å². The number of carbonyl (C=O) groups excluding carboxylic acids is 1. The van der Waals surface area contributed by atoms with Crippen LogP contribution in [0.25, 0.3) is 0 Å². The summed E-state index contributed by atoms with van der Waals surface area (Å²) < 4.78 is 19.7. The third-order valence-electron chi connectivity index (χ3n) is 5.06. The van der Waals surface area contributed by atoms with Crippen molar-refractivity contribution in [2.24, 2.45) is 5.92 Å². The average molecular weight is 375 g/mol. The zero-order valence-corrected chi connectivity index (χ0v) is 15.1. The minimum atomic E-state index is -0.221. The van der Waals surface area contributed by atoms with Crippen molar-refractivity contribution in [1.82, 2.24) is 4.90 Å². The molecule has 4 nitrogen and oxygen atoms in total. The first kappa shape index (κ1) is 17.2. The summed E-state index contributed by atoms with van der Waals surface area (Å²) in [6.45, 7) is 2.82. The Morgan fingerprint density at radius 1 is 1.12 bits per heavy atom. The molecule has 2 aliphatic heterocycles. The van der Waals surface area contributed by atoms with Crippen molar-refractivity contribution < 1.29 is 13.9 Å². The normalized spacial score (nSPS) is 19.7. The molecule has 0 saturated carbocycles. The number of para-hydroxylation sites is 1. The number of halogens is 2. The highest BCUT2D eigenvalue weighted by Gasteiger charge is 2.31. The van der Waals surface area contributed by atoms with Crippen LogP contribution in [0.3, 0.4) is 0 Å². The molecule has 0 bridgehead atoms. The van der Waals surface area contributed by atoms with E-state index in [2.05, 4.69) is 0 Å². The lowest BCUT2D eigenvalue weighted by atomic mass is 9.95. The van der Waals surface area contributed by atoms with E-state index in [0.29, 0.717) is 49.9 Å². The van der Waals surface area contributed by atoms with E-state index in [4.69, 9.17) is 16.3 Å². The van der Waals surface area contributed by atoms with Crippen LogP contribution >= 0.6 is 11.6 Å². The van der Waals surface area contributed by atoms with Gasteiger partial charge in [0.15, 0.2) is 0 Å². The zero-order valence-electron chi connectivity index (χ0n) is 14.3. The van der Waals surface area contributed by atoms with Crippen molar-refractivity contribution in [2.45, 2.75) is 6.42 Å². The largest absolute Gasteiger partial charge is 0.492 e. The Labute approximate surface area is 157 Å². The number of rotatable bonds is 2. The van der Waals surface area contributed by atoms with E-state index < -0.39 is 0 Å². The Bertz CT molecular complexity index is 821. The van der Waals surface area contributed by atoms with E-state index in [1.165, 1.54) is 6.07 Å². The Kier molecular flexibility index (Phi) is 4.72. The van der Waals surface area contributed by atoms with E-state index >= 15 is 0 Å². The maximum atomic E-state index is 13.9. The number of hydrogen-bond donors (Lipinski definition) is 0. The molecule has 26 heavy (non-hydrogen) atoms. The fraction of sp³-hybridized carbons (Fsp3) is 0.350. The molecule has 1 atom stereocenters. The second-order valence-electron chi connectivity index (χ2n) is 6.73. The zero-order chi connectivity index (χ0) is 18.1. The highest BCUT2D eigenvalue weighted by atomic mass is 35.5. The molecule has 1 amide bonds. The van der Waals surface area contributed by atoms with Crippen LogP contribution < -0.4 is 9.64 Å². The number of carbonyl (C=O) groups is 1. The van der Waals surface area contributed by atoms with Crippen LogP contribution in [0.4, 0.5) is 10.1 Å². The van der Waals surface area contributed by atoms with Crippen LogP contribution in [0, 0.1) is 11.7 Å². The molecule has 0 N–H and O–H groups in total. The quantitative estimate of drug-likeness (QED) is 0.808. The third-order valence-corrected chi connectivity index (χ3v) is 5.30. The summed E-state index contributed by atoms with van der Waals surface area (Å²) in [5, 5.41) is 0.652. The van der Waals surface area contributed by atoms with Gasteiger partial charge in [-0.25, -0.2) is 4.39 Å². The number of piperazine rings is 1. The van der Waals surface area contributed by atoms with Gasteiger partial charge >= 0.3 is 0 Å². The number of nitrogens with zero attached hydrogens (tertiary/aromatic N) is 2. The molecule has 0 spiro atoms. The Hall–Kier alpha value is -2.27. The molecule has 2 aliphatic rings. The van der Waals surface area contributed by atoms with Gasteiger partial charge in [0.2, 0.25) is 5.91 Å². The molecule has 2 aromatic rings. The predicted molar refractivity (Wildman–Crippen MR) is 99.3 cm³/mol. The number of fused-ring (bicyclic) bond motifs is 1. The molecule has 1 fully saturated rings. The molecule has 4 rings (SSSR count). The molecule has 2 aromatic carbocycles. The van der Waals surface area contributed by atoms with Crippen molar-refractivity contribution >= 4 is 23.2 Å². The second-order valence-corrected chi connectivity index (χ2v) is 7.16. The van der Waals surface area contributed by atoms with Crippen LogP contribution in [0.15, 0.2) is 42.5 Å². The number of benzene rings is 2. The van der Waals surface area contributed by atoms with E-state index in [-0.39, 0.29) is 17.6 Å². The lowest BCUT2D eigenvalue weighted by Crippen LogP contribution is -2.51. The molecule has 0 aromatic heterocycles. The van der Waals surface area contributed by atoms with Crippen molar-refractivity contribution in [3.63, 3.8) is 0 Å². The lowest BCUT2D eigenvalue weighted by Gasteiger charge is -2.38. The van der Waals surface area contributed by atoms with Gasteiger partial charge in [-0.3, -0.25) is 4.79 Å². The van der Waals surface area contributed by atoms with E-state index in [9.17, 15) is 9.18 Å². The summed E-state index contributed by atoms with van der Waals surface area (Å²) in [7, 11) is 0. The topological polar surface area (TPSA) is 32.8 Å². The maximum absolute atomic E-state index is 13.9. The summed E-state index contributed by atoms with van der Waals surface area (Å²) in [4.78, 5) is 16.7. The van der Waals surface area contributed by atoms with Crippen molar-refractivity contribution in [1.29, 1.82) is 0 Å². The van der Waals surface area contributed by atoms with Gasteiger partial charge in [0.05, 0.1) is 11.6 Å². The molecule has 0 aliphatic carbocycles. The first-order valence-corrected chi connectivity index (χ1v) is 9.19. The van der Waals surface area contributed by atoms with Crippen molar-refractivity contribution in [3.8, 4) is 5.75 Å². The van der Waals surface area contributed by atoms with Crippen LogP contribution in [0.2, 0.25) is 5.02 Å². The lowest BCUT2D eigenvalue weighted by molar-refractivity contribution is -0.137. The fourth-order valence-corrected chi connectivity index (χ4v) is 3.85. The summed E-state index contributed by atoms with van der Waals surface area (Å²) >= 11 is 6.05. The molecule has 1 saturated heterocycles. The molecular formula is C20H20ClFN2O2. The van der Waals surface area contributed by atoms with Gasteiger partial charge in [0.1, 0.15) is 18.2 Å². The van der Waals surface area contributed by atoms with Gasteiger partial charge in [0, 0.05) is 31.2 Å². The monoisotopic (exact) mass is 374 g/mol. The number of ether oxygens (including phenoxy) is 1. The smallest absolute Gasteiger partial charge is 0.229 e.